The van der Waals surface area contributed by atoms with Crippen LogP contribution in [0.5, 0.6) is 0 Å². The highest BCUT2D eigenvalue weighted by molar-refractivity contribution is 5.77. The van der Waals surface area contributed by atoms with E-state index in [1.807, 2.05) is 13.8 Å². The first-order valence-electron chi connectivity index (χ1n) is 10.0. The van der Waals surface area contributed by atoms with E-state index in [1.165, 1.54) is 22.8 Å². The van der Waals surface area contributed by atoms with Crippen LogP contribution in [0.3, 0.4) is 0 Å². The molecule has 1 aromatic carbocycles. The zero-order valence-electron chi connectivity index (χ0n) is 17.1. The SMILES string of the molecule is CC(C)C(C#N)N1CCN(C(=O)CCCn2c(=O)oc3cc([N+](=O)[O-])ccc32)CC1. The van der Waals surface area contributed by atoms with Gasteiger partial charge in [0.25, 0.3) is 5.69 Å². The third-order valence-electron chi connectivity index (χ3n) is 5.46. The first-order valence-corrected chi connectivity index (χ1v) is 10.0. The number of nitrogens with zero attached hydrogens (tertiary/aromatic N) is 5. The predicted molar refractivity (Wildman–Crippen MR) is 109 cm³/mol. The van der Waals surface area contributed by atoms with Crippen LogP contribution >= 0.6 is 0 Å². The molecular formula is C20H25N5O5. The number of hydrogen-bond acceptors (Lipinski definition) is 7. The number of nitro benzene ring substituents is 1. The monoisotopic (exact) mass is 415 g/mol. The zero-order valence-corrected chi connectivity index (χ0v) is 17.1. The lowest BCUT2D eigenvalue weighted by Gasteiger charge is -2.38. The summed E-state index contributed by atoms with van der Waals surface area (Å²) in [6.07, 6.45) is 0.745. The minimum Gasteiger partial charge on any atom is -0.407 e. The summed E-state index contributed by atoms with van der Waals surface area (Å²) >= 11 is 0. The Morgan fingerprint density at radius 3 is 2.60 bits per heavy atom. The van der Waals surface area contributed by atoms with Crippen molar-refractivity contribution in [3.63, 3.8) is 0 Å². The van der Waals surface area contributed by atoms with Crippen LogP contribution in [-0.4, -0.2) is 57.4 Å². The Morgan fingerprint density at radius 2 is 2.00 bits per heavy atom. The van der Waals surface area contributed by atoms with Crippen LogP contribution in [0.25, 0.3) is 11.1 Å². The topological polar surface area (TPSA) is 126 Å². The van der Waals surface area contributed by atoms with E-state index in [9.17, 15) is 25.0 Å². The molecule has 10 nitrogen and oxygen atoms in total. The fourth-order valence-corrected chi connectivity index (χ4v) is 3.83. The normalized spacial score (nSPS) is 16.0. The summed E-state index contributed by atoms with van der Waals surface area (Å²) in [7, 11) is 0. The molecule has 0 aliphatic carbocycles. The molecule has 0 N–H and O–H groups in total. The molecule has 1 aromatic heterocycles. The van der Waals surface area contributed by atoms with Crippen LogP contribution in [0.2, 0.25) is 0 Å². The number of piperazine rings is 1. The van der Waals surface area contributed by atoms with Gasteiger partial charge in [-0.2, -0.15) is 5.26 Å². The van der Waals surface area contributed by atoms with Crippen molar-refractivity contribution in [2.75, 3.05) is 26.2 Å². The van der Waals surface area contributed by atoms with Gasteiger partial charge in [0.2, 0.25) is 5.91 Å². The van der Waals surface area contributed by atoms with Gasteiger partial charge in [-0.3, -0.25) is 24.4 Å². The molecule has 1 aliphatic rings. The number of oxazole rings is 1. The zero-order chi connectivity index (χ0) is 21.8. The molecule has 1 fully saturated rings. The van der Waals surface area contributed by atoms with Crippen molar-refractivity contribution in [2.24, 2.45) is 5.92 Å². The van der Waals surface area contributed by atoms with Gasteiger partial charge in [-0.15, -0.1) is 0 Å². The highest BCUT2D eigenvalue weighted by Crippen LogP contribution is 2.20. The molecule has 160 valence electrons. The molecule has 0 bridgehead atoms. The van der Waals surface area contributed by atoms with Crippen molar-refractivity contribution in [2.45, 2.75) is 39.3 Å². The van der Waals surface area contributed by atoms with Gasteiger partial charge in [0.15, 0.2) is 5.58 Å². The molecule has 1 unspecified atom stereocenters. The Labute approximate surface area is 173 Å². The van der Waals surface area contributed by atoms with E-state index in [0.717, 1.165) is 0 Å². The average Bonchev–Trinajstić information content (AvgIpc) is 3.03. The second kappa shape index (κ2) is 9.09. The Kier molecular flexibility index (Phi) is 6.52. The maximum absolute atomic E-state index is 12.5. The Balaban J connectivity index is 1.54. The number of rotatable bonds is 7. The maximum Gasteiger partial charge on any atom is 0.419 e. The molecule has 30 heavy (non-hydrogen) atoms. The standard InChI is InChI=1S/C20H25N5O5/c1-14(2)17(13-21)22-8-10-23(11-9-22)19(26)4-3-7-24-16-6-5-15(25(28)29)12-18(16)30-20(24)27/h5-6,12,14,17H,3-4,7-11H2,1-2H3. The molecule has 1 aliphatic heterocycles. The number of nitriles is 1. The number of non-ortho nitro benzene ring substituents is 1. The molecule has 1 amide bonds. The smallest absolute Gasteiger partial charge is 0.407 e. The number of fused-ring (bicyclic) bond motifs is 1. The summed E-state index contributed by atoms with van der Waals surface area (Å²) < 4.78 is 6.50. The highest BCUT2D eigenvalue weighted by Gasteiger charge is 2.27. The van der Waals surface area contributed by atoms with E-state index in [2.05, 4.69) is 11.0 Å². The van der Waals surface area contributed by atoms with Crippen molar-refractivity contribution >= 4 is 22.7 Å². The van der Waals surface area contributed by atoms with Crippen LogP contribution in [0.1, 0.15) is 26.7 Å². The lowest BCUT2D eigenvalue weighted by molar-refractivity contribution is -0.384. The summed E-state index contributed by atoms with van der Waals surface area (Å²) in [6.45, 7) is 6.85. The molecule has 2 aromatic rings. The van der Waals surface area contributed by atoms with Crippen LogP contribution < -0.4 is 5.76 Å². The minimum absolute atomic E-state index is 0.0178. The van der Waals surface area contributed by atoms with Gasteiger partial charge < -0.3 is 9.32 Å². The quantitative estimate of drug-likeness (QED) is 0.500. The first-order chi connectivity index (χ1) is 14.3. The number of benzene rings is 1. The van der Waals surface area contributed by atoms with E-state index < -0.39 is 10.7 Å². The number of aryl methyl sites for hydroxylation is 1. The van der Waals surface area contributed by atoms with Crippen LogP contribution in [0.15, 0.2) is 27.4 Å². The molecule has 0 spiro atoms. The van der Waals surface area contributed by atoms with Crippen molar-refractivity contribution in [3.8, 4) is 6.07 Å². The second-order valence-electron chi connectivity index (χ2n) is 7.77. The summed E-state index contributed by atoms with van der Waals surface area (Å²) in [5.41, 5.74) is 0.491. The Morgan fingerprint density at radius 1 is 1.30 bits per heavy atom. The first kappa shape index (κ1) is 21.5. The van der Waals surface area contributed by atoms with Crippen molar-refractivity contribution in [1.29, 1.82) is 5.26 Å². The van der Waals surface area contributed by atoms with Crippen molar-refractivity contribution in [3.05, 3.63) is 38.9 Å². The number of amides is 1. The van der Waals surface area contributed by atoms with E-state index >= 15 is 0 Å². The molecule has 1 saturated heterocycles. The highest BCUT2D eigenvalue weighted by atomic mass is 16.6. The molecule has 0 saturated carbocycles. The number of carbonyl (C=O) groups is 1. The van der Waals surface area contributed by atoms with E-state index in [0.29, 0.717) is 44.7 Å². The van der Waals surface area contributed by atoms with Crippen LogP contribution in [0, 0.1) is 27.4 Å². The van der Waals surface area contributed by atoms with Crippen LogP contribution in [-0.2, 0) is 11.3 Å². The number of hydrogen-bond donors (Lipinski definition) is 0. The average molecular weight is 415 g/mol. The third-order valence-corrected chi connectivity index (χ3v) is 5.46. The predicted octanol–water partition coefficient (Wildman–Crippen LogP) is 1.98. The number of nitro groups is 1. The lowest BCUT2D eigenvalue weighted by Crippen LogP contribution is -2.52. The van der Waals surface area contributed by atoms with E-state index in [1.54, 1.807) is 4.90 Å². The van der Waals surface area contributed by atoms with Crippen LogP contribution in [0.4, 0.5) is 5.69 Å². The molecule has 0 radical (unpaired) electrons. The summed E-state index contributed by atoms with van der Waals surface area (Å²) in [6, 6.07) is 6.23. The van der Waals surface area contributed by atoms with E-state index in [-0.39, 0.29) is 35.6 Å². The Hall–Kier alpha value is -3.19. The van der Waals surface area contributed by atoms with Gasteiger partial charge in [0.1, 0.15) is 6.04 Å². The number of aromatic nitrogens is 1. The fraction of sp³-hybridized carbons (Fsp3) is 0.550. The van der Waals surface area contributed by atoms with Crippen molar-refractivity contribution < 1.29 is 14.1 Å². The maximum atomic E-state index is 12.5. The van der Waals surface area contributed by atoms with Gasteiger partial charge in [-0.05, 0) is 18.4 Å². The van der Waals surface area contributed by atoms with Gasteiger partial charge in [0, 0.05) is 45.2 Å². The Bertz CT molecular complexity index is 1030. The number of carbonyl (C=O) groups excluding carboxylic acids is 1. The summed E-state index contributed by atoms with van der Waals surface area (Å²) in [4.78, 5) is 38.8. The third kappa shape index (κ3) is 4.52. The summed E-state index contributed by atoms with van der Waals surface area (Å²) in [5.74, 6) is -0.339. The molecular weight excluding hydrogens is 390 g/mol. The fourth-order valence-electron chi connectivity index (χ4n) is 3.83. The minimum atomic E-state index is -0.595. The second-order valence-corrected chi connectivity index (χ2v) is 7.77. The lowest BCUT2D eigenvalue weighted by atomic mass is 10.0. The largest absolute Gasteiger partial charge is 0.419 e. The molecule has 2 heterocycles. The van der Waals surface area contributed by atoms with Gasteiger partial charge in [-0.1, -0.05) is 13.8 Å². The van der Waals surface area contributed by atoms with Gasteiger partial charge >= 0.3 is 5.76 Å². The van der Waals surface area contributed by atoms with Gasteiger partial charge in [0.05, 0.1) is 22.6 Å². The molecule has 3 rings (SSSR count). The van der Waals surface area contributed by atoms with Gasteiger partial charge in [-0.25, -0.2) is 4.79 Å². The van der Waals surface area contributed by atoms with Crippen molar-refractivity contribution in [1.82, 2.24) is 14.4 Å². The summed E-state index contributed by atoms with van der Waals surface area (Å²) in [5, 5.41) is 20.2. The molecule has 10 heteroatoms. The molecule has 1 atom stereocenters. The van der Waals surface area contributed by atoms with E-state index in [4.69, 9.17) is 4.42 Å².